The van der Waals surface area contributed by atoms with Gasteiger partial charge in [0.05, 0.1) is 29.0 Å². The number of fused-ring (bicyclic) bond motifs is 2. The number of hydrogen-bond donors (Lipinski definition) is 0. The van der Waals surface area contributed by atoms with E-state index in [0.717, 1.165) is 4.90 Å². The standard InChI is InChI=1S/C29H31NO6/c1-7-10-23(31)36-19-13-14-22(18(6)15-19)30-28(32)24-25(29(30)33)27(35-17(4)5)21-12-9-8-11-20(21)26(24)34-16(2)3/h8-9,11-17H,7,10H2,1-6H3. The molecule has 0 radical (unpaired) electrons. The molecule has 4 rings (SSSR count). The Kier molecular flexibility index (Phi) is 7.02. The van der Waals surface area contributed by atoms with Crippen molar-refractivity contribution in [1.29, 1.82) is 0 Å². The van der Waals surface area contributed by atoms with E-state index in [-0.39, 0.29) is 29.3 Å². The quantitative estimate of drug-likeness (QED) is 0.212. The van der Waals surface area contributed by atoms with Gasteiger partial charge in [0, 0.05) is 17.2 Å². The van der Waals surface area contributed by atoms with Crippen LogP contribution in [-0.4, -0.2) is 30.0 Å². The maximum Gasteiger partial charge on any atom is 0.311 e. The molecule has 0 N–H and O–H groups in total. The molecule has 2 amide bonds. The molecule has 36 heavy (non-hydrogen) atoms. The van der Waals surface area contributed by atoms with Crippen LogP contribution in [0, 0.1) is 6.92 Å². The van der Waals surface area contributed by atoms with Crippen molar-refractivity contribution in [3.05, 3.63) is 59.2 Å². The van der Waals surface area contributed by atoms with Crippen molar-refractivity contribution < 1.29 is 28.6 Å². The van der Waals surface area contributed by atoms with E-state index in [2.05, 4.69) is 0 Å². The minimum atomic E-state index is -0.483. The third-order valence-corrected chi connectivity index (χ3v) is 5.76. The summed E-state index contributed by atoms with van der Waals surface area (Å²) in [5.74, 6) is -0.189. The van der Waals surface area contributed by atoms with Crippen LogP contribution in [0.1, 0.15) is 73.7 Å². The first-order valence-corrected chi connectivity index (χ1v) is 12.3. The van der Waals surface area contributed by atoms with Crippen LogP contribution in [0.25, 0.3) is 10.8 Å². The summed E-state index contributed by atoms with van der Waals surface area (Å²) in [6.45, 7) is 11.2. The molecule has 0 spiro atoms. The van der Waals surface area contributed by atoms with Gasteiger partial charge in [0.2, 0.25) is 0 Å². The lowest BCUT2D eigenvalue weighted by Crippen LogP contribution is -2.30. The minimum Gasteiger partial charge on any atom is -0.489 e. The first kappa shape index (κ1) is 25.2. The summed E-state index contributed by atoms with van der Waals surface area (Å²) in [6, 6.07) is 12.3. The van der Waals surface area contributed by atoms with Gasteiger partial charge in [0.15, 0.2) is 0 Å². The normalized spacial score (nSPS) is 13.1. The molecule has 0 saturated carbocycles. The first-order valence-electron chi connectivity index (χ1n) is 12.3. The summed E-state index contributed by atoms with van der Waals surface area (Å²) in [4.78, 5) is 40.8. The molecule has 0 aliphatic carbocycles. The Morgan fingerprint density at radius 3 is 1.83 bits per heavy atom. The zero-order valence-corrected chi connectivity index (χ0v) is 21.5. The topological polar surface area (TPSA) is 82.1 Å². The monoisotopic (exact) mass is 489 g/mol. The largest absolute Gasteiger partial charge is 0.489 e. The average molecular weight is 490 g/mol. The van der Waals surface area contributed by atoms with E-state index in [9.17, 15) is 14.4 Å². The van der Waals surface area contributed by atoms with Gasteiger partial charge in [-0.2, -0.15) is 0 Å². The number of anilines is 1. The molecule has 3 aromatic rings. The predicted octanol–water partition coefficient (Wildman–Crippen LogP) is 6.23. The molecule has 0 bridgehead atoms. The second kappa shape index (κ2) is 10.0. The second-order valence-corrected chi connectivity index (χ2v) is 9.41. The van der Waals surface area contributed by atoms with E-state index in [1.807, 2.05) is 58.9 Å². The summed E-state index contributed by atoms with van der Waals surface area (Å²) in [6.07, 6.45) is 0.556. The molecular formula is C29H31NO6. The number of carbonyl (C=O) groups is 3. The number of carbonyl (C=O) groups excluding carboxylic acids is 3. The highest BCUT2D eigenvalue weighted by molar-refractivity contribution is 6.38. The summed E-state index contributed by atoms with van der Waals surface area (Å²) in [7, 11) is 0. The molecule has 0 unspecified atom stereocenters. The number of rotatable bonds is 8. The molecule has 0 aromatic heterocycles. The predicted molar refractivity (Wildman–Crippen MR) is 138 cm³/mol. The summed E-state index contributed by atoms with van der Waals surface area (Å²) in [5, 5.41) is 1.41. The summed E-state index contributed by atoms with van der Waals surface area (Å²) >= 11 is 0. The van der Waals surface area contributed by atoms with E-state index < -0.39 is 11.8 Å². The van der Waals surface area contributed by atoms with Crippen LogP contribution in [0.2, 0.25) is 0 Å². The Morgan fingerprint density at radius 1 is 0.861 bits per heavy atom. The number of esters is 1. The number of imide groups is 1. The highest BCUT2D eigenvalue weighted by Crippen LogP contribution is 2.47. The highest BCUT2D eigenvalue weighted by atomic mass is 16.5. The van der Waals surface area contributed by atoms with Gasteiger partial charge in [-0.15, -0.1) is 0 Å². The molecular weight excluding hydrogens is 458 g/mol. The molecule has 0 atom stereocenters. The molecule has 188 valence electrons. The zero-order chi connectivity index (χ0) is 26.1. The number of aryl methyl sites for hydroxylation is 1. The lowest BCUT2D eigenvalue weighted by molar-refractivity contribution is -0.134. The van der Waals surface area contributed by atoms with Gasteiger partial charge < -0.3 is 14.2 Å². The number of ether oxygens (including phenoxy) is 3. The Labute approximate surface area is 210 Å². The van der Waals surface area contributed by atoms with E-state index in [1.54, 1.807) is 25.1 Å². The van der Waals surface area contributed by atoms with Crippen LogP contribution in [-0.2, 0) is 4.79 Å². The van der Waals surface area contributed by atoms with Gasteiger partial charge in [0.1, 0.15) is 17.2 Å². The van der Waals surface area contributed by atoms with Crippen molar-refractivity contribution in [2.75, 3.05) is 4.90 Å². The van der Waals surface area contributed by atoms with Crippen LogP contribution in [0.3, 0.4) is 0 Å². The Balaban J connectivity index is 1.88. The van der Waals surface area contributed by atoms with E-state index >= 15 is 0 Å². The minimum absolute atomic E-state index is 0.195. The Bertz CT molecular complexity index is 1290. The van der Waals surface area contributed by atoms with Gasteiger partial charge in [-0.1, -0.05) is 31.2 Å². The van der Waals surface area contributed by atoms with E-state index in [4.69, 9.17) is 14.2 Å². The molecule has 7 nitrogen and oxygen atoms in total. The van der Waals surface area contributed by atoms with Crippen LogP contribution >= 0.6 is 0 Å². The summed E-state index contributed by atoms with van der Waals surface area (Å²) in [5.41, 5.74) is 1.42. The van der Waals surface area contributed by atoms with Crippen LogP contribution in [0.4, 0.5) is 5.69 Å². The van der Waals surface area contributed by atoms with Crippen molar-refractivity contribution in [3.63, 3.8) is 0 Å². The summed E-state index contributed by atoms with van der Waals surface area (Å²) < 4.78 is 17.7. The molecule has 7 heteroatoms. The Hall–Kier alpha value is -3.87. The average Bonchev–Trinajstić information content (AvgIpc) is 3.06. The Morgan fingerprint density at radius 2 is 1.39 bits per heavy atom. The second-order valence-electron chi connectivity index (χ2n) is 9.41. The SMILES string of the molecule is CCCC(=O)Oc1ccc(N2C(=O)c3c(c(OC(C)C)c4ccccc4c3OC(C)C)C2=O)c(C)c1. The van der Waals surface area contributed by atoms with Gasteiger partial charge in [-0.05, 0) is 64.8 Å². The molecule has 1 aliphatic heterocycles. The van der Waals surface area contributed by atoms with Gasteiger partial charge >= 0.3 is 5.97 Å². The molecule has 1 aliphatic rings. The fourth-order valence-electron chi connectivity index (χ4n) is 4.36. The van der Waals surface area contributed by atoms with Crippen LogP contribution in [0.5, 0.6) is 17.2 Å². The number of benzene rings is 3. The number of hydrogen-bond acceptors (Lipinski definition) is 6. The smallest absolute Gasteiger partial charge is 0.311 e. The third-order valence-electron chi connectivity index (χ3n) is 5.76. The van der Waals surface area contributed by atoms with Crippen molar-refractivity contribution in [3.8, 4) is 17.2 Å². The fraction of sp³-hybridized carbons (Fsp3) is 0.345. The highest BCUT2D eigenvalue weighted by Gasteiger charge is 2.44. The lowest BCUT2D eigenvalue weighted by atomic mass is 9.98. The molecule has 0 saturated heterocycles. The fourth-order valence-corrected chi connectivity index (χ4v) is 4.36. The number of nitrogens with zero attached hydrogens (tertiary/aromatic N) is 1. The first-order chi connectivity index (χ1) is 17.1. The maximum absolute atomic E-state index is 13.9. The third kappa shape index (κ3) is 4.53. The maximum atomic E-state index is 13.9. The van der Waals surface area contributed by atoms with Crippen molar-refractivity contribution in [2.45, 2.75) is 66.6 Å². The molecule has 0 fully saturated rings. The van der Waals surface area contributed by atoms with Crippen molar-refractivity contribution in [2.24, 2.45) is 0 Å². The number of amides is 2. The van der Waals surface area contributed by atoms with Gasteiger partial charge in [0.25, 0.3) is 11.8 Å². The van der Waals surface area contributed by atoms with Crippen LogP contribution in [0.15, 0.2) is 42.5 Å². The van der Waals surface area contributed by atoms with Crippen molar-refractivity contribution in [1.82, 2.24) is 0 Å². The van der Waals surface area contributed by atoms with E-state index in [1.165, 1.54) is 0 Å². The van der Waals surface area contributed by atoms with Gasteiger partial charge in [-0.3, -0.25) is 14.4 Å². The van der Waals surface area contributed by atoms with E-state index in [0.29, 0.717) is 52.1 Å². The zero-order valence-electron chi connectivity index (χ0n) is 21.5. The molecule has 1 heterocycles. The lowest BCUT2D eigenvalue weighted by Gasteiger charge is -2.20. The van der Waals surface area contributed by atoms with Crippen LogP contribution < -0.4 is 19.1 Å². The van der Waals surface area contributed by atoms with Gasteiger partial charge in [-0.25, -0.2) is 4.90 Å². The molecule has 3 aromatic carbocycles. The van der Waals surface area contributed by atoms with Crippen molar-refractivity contribution >= 4 is 34.2 Å².